The van der Waals surface area contributed by atoms with Crippen molar-refractivity contribution in [2.45, 2.75) is 62.5 Å². The van der Waals surface area contributed by atoms with Gasteiger partial charge in [-0.3, -0.25) is 0 Å². The van der Waals surface area contributed by atoms with Crippen LogP contribution in [-0.2, 0) is 40.6 Å². The molecule has 44 heavy (non-hydrogen) atoms. The van der Waals surface area contributed by atoms with Gasteiger partial charge in [0.1, 0.15) is 30.0 Å². The second kappa shape index (κ2) is 13.6. The van der Waals surface area contributed by atoms with E-state index < -0.39 is 42.1 Å². The zero-order chi connectivity index (χ0) is 30.4. The molecule has 6 heteroatoms. The van der Waals surface area contributed by atoms with Gasteiger partial charge in [0.25, 0.3) is 0 Å². The molecule has 2 fully saturated rings. The highest BCUT2D eigenvalue weighted by Gasteiger charge is 2.57. The Morgan fingerprint density at radius 1 is 0.773 bits per heavy atom. The van der Waals surface area contributed by atoms with Crippen LogP contribution in [-0.4, -0.2) is 49.7 Å². The van der Waals surface area contributed by atoms with Crippen molar-refractivity contribution < 1.29 is 28.4 Å². The molecule has 6 nitrogen and oxygen atoms in total. The van der Waals surface area contributed by atoms with Crippen molar-refractivity contribution in [3.05, 3.63) is 156 Å². The highest BCUT2D eigenvalue weighted by Crippen LogP contribution is 2.43. The lowest BCUT2D eigenvalue weighted by Gasteiger charge is -2.38. The predicted octanol–water partition coefficient (Wildman–Crippen LogP) is 7.03. The summed E-state index contributed by atoms with van der Waals surface area (Å²) in [6.45, 7) is 8.59. The fourth-order valence-electron chi connectivity index (χ4n) is 6.16. The number of fused-ring (bicyclic) bond motifs is 1. The van der Waals surface area contributed by atoms with Crippen LogP contribution in [0.5, 0.6) is 0 Å². The zero-order valence-corrected chi connectivity index (χ0v) is 25.3. The van der Waals surface area contributed by atoms with Crippen LogP contribution < -0.4 is 0 Å². The maximum absolute atomic E-state index is 7.16. The van der Waals surface area contributed by atoms with Gasteiger partial charge in [-0.25, -0.2) is 0 Å². The van der Waals surface area contributed by atoms with Crippen LogP contribution in [0.3, 0.4) is 0 Å². The van der Waals surface area contributed by atoms with Crippen molar-refractivity contribution in [1.29, 1.82) is 0 Å². The van der Waals surface area contributed by atoms with Gasteiger partial charge < -0.3 is 28.4 Å². The van der Waals surface area contributed by atoms with E-state index in [0.29, 0.717) is 13.2 Å². The van der Waals surface area contributed by atoms with E-state index in [1.165, 1.54) is 0 Å². The molecular formula is C38H40O6. The quantitative estimate of drug-likeness (QED) is 0.123. The summed E-state index contributed by atoms with van der Waals surface area (Å²) < 4.78 is 39.2. The van der Waals surface area contributed by atoms with Crippen LogP contribution in [0, 0.1) is 0 Å². The van der Waals surface area contributed by atoms with Gasteiger partial charge in [0.2, 0.25) is 0 Å². The average Bonchev–Trinajstić information content (AvgIpc) is 3.55. The van der Waals surface area contributed by atoms with Gasteiger partial charge in [-0.05, 0) is 36.1 Å². The minimum absolute atomic E-state index is 0.200. The summed E-state index contributed by atoms with van der Waals surface area (Å²) in [5.74, 6) is -0.786. The fraction of sp³-hybridized carbons (Fsp3) is 0.316. The van der Waals surface area contributed by atoms with E-state index >= 15 is 0 Å². The number of benzene rings is 4. The second-order valence-corrected chi connectivity index (χ2v) is 11.6. The van der Waals surface area contributed by atoms with Gasteiger partial charge in [0, 0.05) is 0 Å². The van der Waals surface area contributed by atoms with Gasteiger partial charge >= 0.3 is 0 Å². The summed E-state index contributed by atoms with van der Waals surface area (Å²) in [7, 11) is 0. The number of hydrogen-bond donors (Lipinski definition) is 0. The standard InChI is InChI=1S/C38H40O6/c1-4-25-39-32(33-34(40-26-28-17-9-5-10-18-28)35-36(42-33)44-37(2,3)43-35)27-41-38(29-19-11-6-12-20-29,30-21-13-7-14-22-30)31-23-15-8-16-24-31/h4-24,32-36H,1,25-27H2,2-3H3/t32-,33-,34+,35-,36-/m1/s1. The largest absolute Gasteiger partial charge is 0.369 e. The minimum atomic E-state index is -0.913. The summed E-state index contributed by atoms with van der Waals surface area (Å²) in [5.41, 5.74) is 3.17. The van der Waals surface area contributed by atoms with Gasteiger partial charge in [-0.15, -0.1) is 6.58 Å². The van der Waals surface area contributed by atoms with Crippen LogP contribution in [0.25, 0.3) is 0 Å². The molecule has 0 spiro atoms. The Morgan fingerprint density at radius 3 is 1.82 bits per heavy atom. The molecule has 228 valence electrons. The van der Waals surface area contributed by atoms with E-state index in [2.05, 4.69) is 43.0 Å². The van der Waals surface area contributed by atoms with E-state index in [0.717, 1.165) is 22.3 Å². The molecule has 4 aromatic carbocycles. The Hall–Kier alpha value is -3.62. The molecule has 0 bridgehead atoms. The SMILES string of the molecule is C=CCO[C@H](COC(c1ccccc1)(c1ccccc1)c1ccccc1)[C@H]1O[C@@H]2OC(C)(C)O[C@@H]2[C@H]1OCc1ccccc1. The summed E-state index contributed by atoms with van der Waals surface area (Å²) in [6.07, 6.45) is -0.782. The van der Waals surface area contributed by atoms with E-state index in [1.54, 1.807) is 6.08 Å². The molecule has 0 aromatic heterocycles. The maximum atomic E-state index is 7.16. The van der Waals surface area contributed by atoms with Crippen LogP contribution >= 0.6 is 0 Å². The Kier molecular flexibility index (Phi) is 9.38. The van der Waals surface area contributed by atoms with Crippen LogP contribution in [0.2, 0.25) is 0 Å². The van der Waals surface area contributed by atoms with Gasteiger partial charge in [0.05, 0.1) is 19.8 Å². The topological polar surface area (TPSA) is 55.4 Å². The van der Waals surface area contributed by atoms with Crippen LogP contribution in [0.1, 0.15) is 36.1 Å². The van der Waals surface area contributed by atoms with Crippen molar-refractivity contribution in [2.24, 2.45) is 0 Å². The molecule has 0 saturated carbocycles. The summed E-state index contributed by atoms with van der Waals surface area (Å²) in [5, 5.41) is 0. The Bertz CT molecular complexity index is 1360. The molecule has 4 aromatic rings. The Morgan fingerprint density at radius 2 is 1.30 bits per heavy atom. The number of ether oxygens (including phenoxy) is 6. The second-order valence-electron chi connectivity index (χ2n) is 11.6. The molecule has 0 aliphatic carbocycles. The number of rotatable bonds is 13. The highest BCUT2D eigenvalue weighted by atomic mass is 16.8. The monoisotopic (exact) mass is 592 g/mol. The normalized spacial score (nSPS) is 23.2. The zero-order valence-electron chi connectivity index (χ0n) is 25.3. The molecule has 0 unspecified atom stereocenters. The summed E-state index contributed by atoms with van der Waals surface area (Å²) >= 11 is 0. The van der Waals surface area contributed by atoms with Crippen molar-refractivity contribution >= 4 is 0 Å². The molecule has 2 aliphatic rings. The van der Waals surface area contributed by atoms with Crippen molar-refractivity contribution in [2.75, 3.05) is 13.2 Å². The smallest absolute Gasteiger partial charge is 0.190 e. The predicted molar refractivity (Wildman–Crippen MR) is 169 cm³/mol. The minimum Gasteiger partial charge on any atom is -0.369 e. The average molecular weight is 593 g/mol. The molecule has 2 aliphatic heterocycles. The Balaban J connectivity index is 1.35. The first kappa shape index (κ1) is 30.4. The van der Waals surface area contributed by atoms with E-state index in [4.69, 9.17) is 28.4 Å². The first-order valence-corrected chi connectivity index (χ1v) is 15.2. The molecule has 0 N–H and O–H groups in total. The first-order valence-electron chi connectivity index (χ1n) is 15.2. The molecule has 0 radical (unpaired) electrons. The molecule has 5 atom stereocenters. The van der Waals surface area contributed by atoms with Crippen molar-refractivity contribution in [1.82, 2.24) is 0 Å². The lowest BCUT2D eigenvalue weighted by Crippen LogP contribution is -2.47. The third kappa shape index (κ3) is 6.42. The summed E-state index contributed by atoms with van der Waals surface area (Å²) in [6, 6.07) is 41.0. The summed E-state index contributed by atoms with van der Waals surface area (Å²) in [4.78, 5) is 0. The van der Waals surface area contributed by atoms with Gasteiger partial charge in [-0.1, -0.05) is 127 Å². The lowest BCUT2D eigenvalue weighted by molar-refractivity contribution is -0.238. The first-order chi connectivity index (χ1) is 21.5. The van der Waals surface area contributed by atoms with E-state index in [-0.39, 0.29) is 6.61 Å². The third-order valence-corrected chi connectivity index (χ3v) is 8.11. The van der Waals surface area contributed by atoms with Crippen LogP contribution in [0.15, 0.2) is 134 Å². The number of hydrogen-bond acceptors (Lipinski definition) is 6. The fourth-order valence-corrected chi connectivity index (χ4v) is 6.16. The molecule has 6 rings (SSSR count). The van der Waals surface area contributed by atoms with Crippen LogP contribution in [0.4, 0.5) is 0 Å². The Labute approximate surface area is 260 Å². The molecular weight excluding hydrogens is 552 g/mol. The van der Waals surface area contributed by atoms with Crippen molar-refractivity contribution in [3.8, 4) is 0 Å². The lowest BCUT2D eigenvalue weighted by atomic mass is 9.80. The third-order valence-electron chi connectivity index (χ3n) is 8.11. The molecule has 2 heterocycles. The highest BCUT2D eigenvalue weighted by molar-refractivity contribution is 5.47. The van der Waals surface area contributed by atoms with Gasteiger partial charge in [0.15, 0.2) is 12.1 Å². The van der Waals surface area contributed by atoms with Crippen molar-refractivity contribution in [3.63, 3.8) is 0 Å². The van der Waals surface area contributed by atoms with E-state index in [9.17, 15) is 0 Å². The molecule has 0 amide bonds. The van der Waals surface area contributed by atoms with E-state index in [1.807, 2.05) is 98.8 Å². The molecule has 2 saturated heterocycles. The maximum Gasteiger partial charge on any atom is 0.190 e. The van der Waals surface area contributed by atoms with Gasteiger partial charge in [-0.2, -0.15) is 0 Å².